The number of likely N-dealkylation sites (tertiary alicyclic amines) is 1. The third-order valence-corrected chi connectivity index (χ3v) is 6.28. The van der Waals surface area contributed by atoms with Crippen molar-refractivity contribution < 1.29 is 19.0 Å². The van der Waals surface area contributed by atoms with E-state index in [0.717, 1.165) is 5.39 Å². The average molecular weight is 382 g/mol. The molecule has 0 saturated carbocycles. The van der Waals surface area contributed by atoms with Gasteiger partial charge in [0.2, 0.25) is 5.91 Å². The van der Waals surface area contributed by atoms with Crippen LogP contribution in [0.5, 0.6) is 0 Å². The van der Waals surface area contributed by atoms with Crippen LogP contribution in [-0.2, 0) is 15.1 Å². The van der Waals surface area contributed by atoms with Gasteiger partial charge in [0, 0.05) is 31.1 Å². The Labute approximate surface area is 155 Å². The summed E-state index contributed by atoms with van der Waals surface area (Å²) in [5, 5.41) is 16.2. The van der Waals surface area contributed by atoms with Crippen LogP contribution in [0.1, 0.15) is 31.4 Å². The van der Waals surface area contributed by atoms with Crippen LogP contribution in [0, 0.1) is 11.7 Å². The Balaban J connectivity index is 1.66. The van der Waals surface area contributed by atoms with E-state index in [0.29, 0.717) is 31.4 Å². The fourth-order valence-electron chi connectivity index (χ4n) is 4.52. The number of ether oxygens (including phenoxy) is 1. The summed E-state index contributed by atoms with van der Waals surface area (Å²) in [6.07, 6.45) is 2.03. The van der Waals surface area contributed by atoms with E-state index in [4.69, 9.17) is 16.3 Å². The third kappa shape index (κ3) is 2.30. The average Bonchev–Trinajstić information content (AvgIpc) is 3.14. The van der Waals surface area contributed by atoms with Crippen LogP contribution in [0.25, 0.3) is 10.9 Å². The van der Waals surface area contributed by atoms with Crippen LogP contribution in [0.2, 0.25) is 5.02 Å². The van der Waals surface area contributed by atoms with Crippen LogP contribution >= 0.6 is 11.6 Å². The van der Waals surface area contributed by atoms with E-state index in [2.05, 4.69) is 5.10 Å². The molecule has 8 heteroatoms. The Morgan fingerprint density at radius 3 is 2.85 bits per heavy atom. The molecule has 0 bridgehead atoms. The first-order valence-electron chi connectivity index (χ1n) is 8.70. The number of benzene rings is 1. The van der Waals surface area contributed by atoms with Gasteiger partial charge in [-0.3, -0.25) is 9.48 Å². The van der Waals surface area contributed by atoms with Gasteiger partial charge in [0.25, 0.3) is 0 Å². The highest BCUT2D eigenvalue weighted by Crippen LogP contribution is 2.52. The fraction of sp³-hybridized carbons (Fsp3) is 0.556. The number of rotatable bonds is 3. The molecule has 140 valence electrons. The molecule has 2 atom stereocenters. The van der Waals surface area contributed by atoms with Gasteiger partial charge in [-0.15, -0.1) is 0 Å². The zero-order chi connectivity index (χ0) is 18.6. The normalized spacial score (nSPS) is 26.0. The van der Waals surface area contributed by atoms with Crippen molar-refractivity contribution in [3.63, 3.8) is 0 Å². The van der Waals surface area contributed by atoms with Crippen LogP contribution < -0.4 is 0 Å². The van der Waals surface area contributed by atoms with Crippen molar-refractivity contribution in [2.24, 2.45) is 5.92 Å². The molecule has 1 fully saturated rings. The molecule has 1 amide bonds. The van der Waals surface area contributed by atoms with Crippen LogP contribution in [0.4, 0.5) is 4.39 Å². The topological polar surface area (TPSA) is 67.6 Å². The lowest BCUT2D eigenvalue weighted by atomic mass is 9.75. The first-order valence-corrected chi connectivity index (χ1v) is 9.08. The molecule has 3 heterocycles. The number of piperidine rings is 1. The van der Waals surface area contributed by atoms with Gasteiger partial charge in [0.1, 0.15) is 18.5 Å². The lowest BCUT2D eigenvalue weighted by Crippen LogP contribution is -2.48. The fourth-order valence-corrected chi connectivity index (χ4v) is 4.74. The van der Waals surface area contributed by atoms with Crippen molar-refractivity contribution in [1.82, 2.24) is 14.7 Å². The lowest BCUT2D eigenvalue weighted by molar-refractivity contribution is -0.137. The summed E-state index contributed by atoms with van der Waals surface area (Å²) in [6.45, 7) is 3.15. The largest absolute Gasteiger partial charge is 0.386 e. The molecular formula is C18H21ClFN3O3. The van der Waals surface area contributed by atoms with Crippen molar-refractivity contribution >= 4 is 28.4 Å². The maximum Gasteiger partial charge on any atom is 0.248 e. The second-order valence-electron chi connectivity index (χ2n) is 7.30. The molecule has 2 aromatic rings. The molecule has 0 radical (unpaired) electrons. The molecule has 1 unspecified atom stereocenters. The molecule has 2 aliphatic rings. The summed E-state index contributed by atoms with van der Waals surface area (Å²) in [4.78, 5) is 13.8. The standard InChI is InChI=1S/C18H21ClFN3O3/c1-18(11-3-5-22(6-4-11)13(24)9-26-2)17(25)14-15(20)12(19)7-10-8-21-23(18)16(10)14/h7-8,11,17,25H,3-6,9H2,1-2H3/t17-,18?/m1/s1. The van der Waals surface area contributed by atoms with E-state index in [1.807, 2.05) is 6.92 Å². The van der Waals surface area contributed by atoms with Crippen LogP contribution in [-0.4, -0.2) is 52.5 Å². The highest BCUT2D eigenvalue weighted by Gasteiger charge is 2.52. The van der Waals surface area contributed by atoms with Crippen molar-refractivity contribution in [2.45, 2.75) is 31.4 Å². The molecule has 4 rings (SSSR count). The molecule has 1 N–H and O–H groups in total. The molecule has 1 aromatic carbocycles. The number of halogens is 2. The van der Waals surface area contributed by atoms with E-state index >= 15 is 0 Å². The van der Waals surface area contributed by atoms with Crippen molar-refractivity contribution in [1.29, 1.82) is 0 Å². The Kier molecular flexibility index (Phi) is 4.21. The van der Waals surface area contributed by atoms with Crippen molar-refractivity contribution in [3.05, 3.63) is 28.7 Å². The molecule has 26 heavy (non-hydrogen) atoms. The minimum Gasteiger partial charge on any atom is -0.386 e. The molecule has 0 spiro atoms. The lowest BCUT2D eigenvalue weighted by Gasteiger charge is -2.42. The number of carbonyl (C=O) groups excluding carboxylic acids is 1. The monoisotopic (exact) mass is 381 g/mol. The summed E-state index contributed by atoms with van der Waals surface area (Å²) in [5.74, 6) is -0.562. The Hall–Kier alpha value is -1.70. The summed E-state index contributed by atoms with van der Waals surface area (Å²) >= 11 is 6.00. The number of nitrogens with zero attached hydrogens (tertiary/aromatic N) is 3. The second-order valence-corrected chi connectivity index (χ2v) is 7.70. The number of hydrogen-bond acceptors (Lipinski definition) is 4. The highest BCUT2D eigenvalue weighted by atomic mass is 35.5. The van der Waals surface area contributed by atoms with E-state index in [1.165, 1.54) is 7.11 Å². The number of carbonyl (C=O) groups is 1. The Morgan fingerprint density at radius 1 is 1.50 bits per heavy atom. The predicted octanol–water partition coefficient (Wildman–Crippen LogP) is 2.48. The smallest absolute Gasteiger partial charge is 0.248 e. The number of aromatic nitrogens is 2. The van der Waals surface area contributed by atoms with Gasteiger partial charge in [0.05, 0.1) is 22.3 Å². The van der Waals surface area contributed by atoms with Crippen LogP contribution in [0.3, 0.4) is 0 Å². The highest BCUT2D eigenvalue weighted by molar-refractivity contribution is 6.31. The first-order chi connectivity index (χ1) is 12.4. The molecular weight excluding hydrogens is 361 g/mol. The minimum atomic E-state index is -1.03. The number of amides is 1. The zero-order valence-electron chi connectivity index (χ0n) is 14.7. The Bertz CT molecular complexity index is 878. The number of aliphatic hydroxyl groups excluding tert-OH is 1. The van der Waals surface area contributed by atoms with E-state index in [-0.39, 0.29) is 29.0 Å². The number of aliphatic hydroxyl groups is 1. The molecule has 6 nitrogen and oxygen atoms in total. The maximum absolute atomic E-state index is 14.7. The van der Waals surface area contributed by atoms with Gasteiger partial charge in [0.15, 0.2) is 0 Å². The number of methoxy groups -OCH3 is 1. The number of hydrogen-bond donors (Lipinski definition) is 1. The van der Waals surface area contributed by atoms with E-state index in [1.54, 1.807) is 21.8 Å². The molecule has 1 aromatic heterocycles. The van der Waals surface area contributed by atoms with Gasteiger partial charge in [-0.1, -0.05) is 11.6 Å². The van der Waals surface area contributed by atoms with Crippen molar-refractivity contribution in [2.75, 3.05) is 26.8 Å². The molecule has 2 aliphatic heterocycles. The maximum atomic E-state index is 14.7. The van der Waals surface area contributed by atoms with E-state index in [9.17, 15) is 14.3 Å². The van der Waals surface area contributed by atoms with Gasteiger partial charge >= 0.3 is 0 Å². The van der Waals surface area contributed by atoms with Gasteiger partial charge in [-0.2, -0.15) is 5.10 Å². The van der Waals surface area contributed by atoms with Crippen LogP contribution in [0.15, 0.2) is 12.3 Å². The summed E-state index contributed by atoms with van der Waals surface area (Å²) < 4.78 is 21.3. The zero-order valence-corrected chi connectivity index (χ0v) is 15.5. The quantitative estimate of drug-likeness (QED) is 0.887. The van der Waals surface area contributed by atoms with Gasteiger partial charge in [-0.25, -0.2) is 4.39 Å². The summed E-state index contributed by atoms with van der Waals surface area (Å²) in [6, 6.07) is 1.55. The summed E-state index contributed by atoms with van der Waals surface area (Å²) in [7, 11) is 1.50. The van der Waals surface area contributed by atoms with Gasteiger partial charge in [-0.05, 0) is 31.7 Å². The van der Waals surface area contributed by atoms with E-state index < -0.39 is 17.5 Å². The third-order valence-electron chi connectivity index (χ3n) is 6.01. The second kappa shape index (κ2) is 6.18. The molecule has 1 saturated heterocycles. The SMILES string of the molecule is COCC(=O)N1CCC(C2(C)[C@H](O)c3c(F)c(Cl)cc4cnn2c34)CC1. The van der Waals surface area contributed by atoms with Gasteiger partial charge < -0.3 is 14.7 Å². The first kappa shape index (κ1) is 17.7. The summed E-state index contributed by atoms with van der Waals surface area (Å²) in [5.41, 5.74) is 0.0663. The predicted molar refractivity (Wildman–Crippen MR) is 94.5 cm³/mol. The molecule has 0 aliphatic carbocycles. The van der Waals surface area contributed by atoms with Crippen molar-refractivity contribution in [3.8, 4) is 0 Å². The Morgan fingerprint density at radius 2 is 2.19 bits per heavy atom. The minimum absolute atomic E-state index is 0.00432.